The SMILES string of the molecule is CCCOc1nc(NCC2(C(C)C)CC2)ccc1N. The fourth-order valence-electron chi connectivity index (χ4n) is 2.25. The second kappa shape index (κ2) is 5.68. The lowest BCUT2D eigenvalue weighted by Crippen LogP contribution is -2.21. The first-order valence-corrected chi connectivity index (χ1v) is 7.20. The predicted molar refractivity (Wildman–Crippen MR) is 79.4 cm³/mol. The molecule has 0 spiro atoms. The molecule has 1 heterocycles. The molecule has 1 aromatic rings. The molecule has 3 N–H and O–H groups in total. The molecule has 1 fully saturated rings. The maximum absolute atomic E-state index is 5.86. The van der Waals surface area contributed by atoms with Crippen LogP contribution in [0.3, 0.4) is 0 Å². The summed E-state index contributed by atoms with van der Waals surface area (Å²) in [5.41, 5.74) is 6.92. The summed E-state index contributed by atoms with van der Waals surface area (Å²) in [6.07, 6.45) is 3.58. The molecule has 0 unspecified atom stereocenters. The Hall–Kier alpha value is -1.45. The maximum Gasteiger partial charge on any atom is 0.239 e. The summed E-state index contributed by atoms with van der Waals surface area (Å²) < 4.78 is 5.55. The zero-order valence-corrected chi connectivity index (χ0v) is 12.2. The monoisotopic (exact) mass is 263 g/mol. The number of nitrogens with two attached hydrogens (primary N) is 1. The lowest BCUT2D eigenvalue weighted by Gasteiger charge is -2.20. The van der Waals surface area contributed by atoms with Crippen LogP contribution in [0.2, 0.25) is 0 Å². The first kappa shape index (κ1) is 14.0. The van der Waals surface area contributed by atoms with Crippen LogP contribution in [0.5, 0.6) is 5.88 Å². The van der Waals surface area contributed by atoms with Crippen LogP contribution >= 0.6 is 0 Å². The first-order valence-electron chi connectivity index (χ1n) is 7.20. The van der Waals surface area contributed by atoms with Crippen LogP contribution < -0.4 is 15.8 Å². The third kappa shape index (κ3) is 3.31. The number of aromatic nitrogens is 1. The second-order valence-electron chi connectivity index (χ2n) is 5.81. The second-order valence-corrected chi connectivity index (χ2v) is 5.81. The molecule has 106 valence electrons. The molecule has 1 aromatic heterocycles. The van der Waals surface area contributed by atoms with Gasteiger partial charge in [0.2, 0.25) is 5.88 Å². The van der Waals surface area contributed by atoms with Crippen LogP contribution in [-0.2, 0) is 0 Å². The minimum atomic E-state index is 0.466. The first-order chi connectivity index (χ1) is 9.07. The van der Waals surface area contributed by atoms with Crippen molar-refractivity contribution in [3.8, 4) is 5.88 Å². The highest BCUT2D eigenvalue weighted by molar-refractivity contribution is 5.53. The normalized spacial score (nSPS) is 16.4. The van der Waals surface area contributed by atoms with Gasteiger partial charge in [-0.15, -0.1) is 0 Å². The fraction of sp³-hybridized carbons (Fsp3) is 0.667. The molecular formula is C15H25N3O. The molecule has 0 saturated heterocycles. The summed E-state index contributed by atoms with van der Waals surface area (Å²) in [7, 11) is 0. The van der Waals surface area contributed by atoms with Crippen LogP contribution in [0.1, 0.15) is 40.0 Å². The number of nitrogens with zero attached hydrogens (tertiary/aromatic N) is 1. The van der Waals surface area contributed by atoms with Gasteiger partial charge in [-0.1, -0.05) is 20.8 Å². The van der Waals surface area contributed by atoms with E-state index in [9.17, 15) is 0 Å². The van der Waals surface area contributed by atoms with Crippen molar-refractivity contribution in [2.24, 2.45) is 11.3 Å². The standard InChI is InChI=1S/C15H25N3O/c1-4-9-19-14-12(16)5-6-13(18-14)17-10-15(7-8-15)11(2)3/h5-6,11H,4,7-10,16H2,1-3H3,(H,17,18). The Morgan fingerprint density at radius 1 is 1.42 bits per heavy atom. The topological polar surface area (TPSA) is 60.2 Å². The molecule has 2 rings (SSSR count). The predicted octanol–water partition coefficient (Wildman–Crippen LogP) is 3.30. The number of nitrogens with one attached hydrogen (secondary N) is 1. The van der Waals surface area contributed by atoms with Crippen molar-refractivity contribution in [1.82, 2.24) is 4.98 Å². The van der Waals surface area contributed by atoms with Crippen molar-refractivity contribution in [3.05, 3.63) is 12.1 Å². The van der Waals surface area contributed by atoms with E-state index in [4.69, 9.17) is 10.5 Å². The van der Waals surface area contributed by atoms with Gasteiger partial charge in [0.15, 0.2) is 0 Å². The minimum absolute atomic E-state index is 0.466. The van der Waals surface area contributed by atoms with E-state index in [-0.39, 0.29) is 0 Å². The van der Waals surface area contributed by atoms with E-state index in [1.165, 1.54) is 12.8 Å². The van der Waals surface area contributed by atoms with Crippen molar-refractivity contribution in [1.29, 1.82) is 0 Å². The van der Waals surface area contributed by atoms with E-state index in [2.05, 4.69) is 31.1 Å². The van der Waals surface area contributed by atoms with Crippen molar-refractivity contribution in [2.45, 2.75) is 40.0 Å². The van der Waals surface area contributed by atoms with E-state index in [1.54, 1.807) is 0 Å². The van der Waals surface area contributed by atoms with Gasteiger partial charge in [-0.2, -0.15) is 4.98 Å². The Balaban J connectivity index is 1.97. The number of hydrogen-bond acceptors (Lipinski definition) is 4. The van der Waals surface area contributed by atoms with Crippen LogP contribution in [0.25, 0.3) is 0 Å². The molecule has 0 aromatic carbocycles. The lowest BCUT2D eigenvalue weighted by molar-refractivity contribution is 0.307. The van der Waals surface area contributed by atoms with Crippen molar-refractivity contribution in [3.63, 3.8) is 0 Å². The number of ether oxygens (including phenoxy) is 1. The third-order valence-corrected chi connectivity index (χ3v) is 4.07. The van der Waals surface area contributed by atoms with Crippen LogP contribution in [0, 0.1) is 11.3 Å². The van der Waals surface area contributed by atoms with E-state index in [0.29, 0.717) is 29.5 Å². The molecule has 0 atom stereocenters. The zero-order valence-electron chi connectivity index (χ0n) is 12.2. The van der Waals surface area contributed by atoms with Gasteiger partial charge in [0.25, 0.3) is 0 Å². The molecule has 0 bridgehead atoms. The summed E-state index contributed by atoms with van der Waals surface area (Å²) in [4.78, 5) is 4.44. The summed E-state index contributed by atoms with van der Waals surface area (Å²) in [5, 5.41) is 3.43. The molecule has 4 heteroatoms. The quantitative estimate of drug-likeness (QED) is 0.792. The fourth-order valence-corrected chi connectivity index (χ4v) is 2.25. The number of anilines is 2. The maximum atomic E-state index is 5.86. The van der Waals surface area contributed by atoms with Crippen molar-refractivity contribution >= 4 is 11.5 Å². The van der Waals surface area contributed by atoms with Gasteiger partial charge in [0, 0.05) is 6.54 Å². The van der Waals surface area contributed by atoms with Gasteiger partial charge >= 0.3 is 0 Å². The number of rotatable bonds is 7. The lowest BCUT2D eigenvalue weighted by atomic mass is 9.92. The van der Waals surface area contributed by atoms with E-state index >= 15 is 0 Å². The Bertz CT molecular complexity index is 427. The van der Waals surface area contributed by atoms with Gasteiger partial charge in [-0.05, 0) is 42.7 Å². The average molecular weight is 263 g/mol. The molecule has 0 amide bonds. The molecule has 19 heavy (non-hydrogen) atoms. The van der Waals surface area contributed by atoms with E-state index in [1.807, 2.05) is 12.1 Å². The molecule has 0 radical (unpaired) electrons. The van der Waals surface area contributed by atoms with Gasteiger partial charge in [-0.25, -0.2) is 0 Å². The number of pyridine rings is 1. The van der Waals surface area contributed by atoms with Crippen LogP contribution in [0.15, 0.2) is 12.1 Å². The highest BCUT2D eigenvalue weighted by atomic mass is 16.5. The Morgan fingerprint density at radius 2 is 2.16 bits per heavy atom. The smallest absolute Gasteiger partial charge is 0.239 e. The van der Waals surface area contributed by atoms with E-state index in [0.717, 1.165) is 18.8 Å². The van der Waals surface area contributed by atoms with Crippen LogP contribution in [0.4, 0.5) is 11.5 Å². The highest BCUT2D eigenvalue weighted by Crippen LogP contribution is 2.51. The summed E-state index contributed by atoms with van der Waals surface area (Å²) in [6, 6.07) is 3.78. The van der Waals surface area contributed by atoms with Crippen molar-refractivity contribution in [2.75, 3.05) is 24.2 Å². The van der Waals surface area contributed by atoms with E-state index < -0.39 is 0 Å². The summed E-state index contributed by atoms with van der Waals surface area (Å²) in [6.45, 7) is 8.28. The van der Waals surface area contributed by atoms with Gasteiger partial charge in [-0.3, -0.25) is 0 Å². The third-order valence-electron chi connectivity index (χ3n) is 4.07. The molecule has 1 aliphatic rings. The summed E-state index contributed by atoms with van der Waals surface area (Å²) in [5.74, 6) is 2.11. The Kier molecular flexibility index (Phi) is 4.17. The molecule has 1 saturated carbocycles. The van der Waals surface area contributed by atoms with Crippen molar-refractivity contribution < 1.29 is 4.74 Å². The van der Waals surface area contributed by atoms with Gasteiger partial charge in [0.1, 0.15) is 5.82 Å². The number of hydrogen-bond donors (Lipinski definition) is 2. The largest absolute Gasteiger partial charge is 0.476 e. The molecule has 1 aliphatic carbocycles. The summed E-state index contributed by atoms with van der Waals surface area (Å²) >= 11 is 0. The highest BCUT2D eigenvalue weighted by Gasteiger charge is 2.44. The zero-order chi connectivity index (χ0) is 13.9. The average Bonchev–Trinajstić information content (AvgIpc) is 3.17. The minimum Gasteiger partial charge on any atom is -0.476 e. The van der Waals surface area contributed by atoms with Crippen LogP contribution in [-0.4, -0.2) is 18.1 Å². The van der Waals surface area contributed by atoms with Gasteiger partial charge in [0.05, 0.1) is 12.3 Å². The Morgan fingerprint density at radius 3 is 2.74 bits per heavy atom. The Labute approximate surface area is 115 Å². The van der Waals surface area contributed by atoms with Gasteiger partial charge < -0.3 is 15.8 Å². The molecule has 4 nitrogen and oxygen atoms in total. The molecule has 0 aliphatic heterocycles. The number of nitrogen functional groups attached to an aromatic ring is 1. The molecular weight excluding hydrogens is 238 g/mol.